The van der Waals surface area contributed by atoms with E-state index >= 15 is 0 Å². The number of hydrogen-bond acceptors (Lipinski definition) is 7. The van der Waals surface area contributed by atoms with E-state index in [2.05, 4.69) is 16.5 Å². The van der Waals surface area contributed by atoms with E-state index in [4.69, 9.17) is 4.74 Å². The zero-order valence-corrected chi connectivity index (χ0v) is 26.5. The van der Waals surface area contributed by atoms with Crippen molar-refractivity contribution in [2.45, 2.75) is 81.9 Å². The molecule has 0 spiro atoms. The lowest BCUT2D eigenvalue weighted by Crippen LogP contribution is -2.42. The number of carbonyl (C=O) groups is 2. The summed E-state index contributed by atoms with van der Waals surface area (Å²) in [6.45, 7) is 4.42. The highest BCUT2D eigenvalue weighted by atomic mass is 32.2. The lowest BCUT2D eigenvalue weighted by Gasteiger charge is -2.28. The van der Waals surface area contributed by atoms with Gasteiger partial charge in [0, 0.05) is 36.2 Å². The molecule has 2 aliphatic rings. The van der Waals surface area contributed by atoms with Crippen molar-refractivity contribution in [1.29, 1.82) is 0 Å². The molecule has 1 aliphatic carbocycles. The lowest BCUT2D eigenvalue weighted by molar-refractivity contribution is -0.139. The highest BCUT2D eigenvalue weighted by Crippen LogP contribution is 2.32. The first-order chi connectivity index (χ1) is 20.0. The summed E-state index contributed by atoms with van der Waals surface area (Å²) in [6, 6.07) is 12.6. The molecule has 4 rings (SSSR count). The van der Waals surface area contributed by atoms with E-state index in [-0.39, 0.29) is 12.2 Å². The minimum absolute atomic E-state index is 0.201. The molecule has 2 aromatic rings. The van der Waals surface area contributed by atoms with Crippen LogP contribution in [-0.4, -0.2) is 85.2 Å². The van der Waals surface area contributed by atoms with Crippen LogP contribution in [0.5, 0.6) is 0 Å². The third-order valence-electron chi connectivity index (χ3n) is 8.43. The quantitative estimate of drug-likeness (QED) is 0.326. The second-order valence-electron chi connectivity index (χ2n) is 11.7. The number of benzene rings is 2. The number of carbonyl (C=O) groups excluding carboxylic acids is 1. The third kappa shape index (κ3) is 9.05. The minimum atomic E-state index is -3.38. The largest absolute Gasteiger partial charge is 0.480 e. The summed E-state index contributed by atoms with van der Waals surface area (Å²) in [5.74, 6) is -2.13. The molecule has 1 amide bonds. The second-order valence-corrected chi connectivity index (χ2v) is 15.1. The number of sulfone groups is 1. The fourth-order valence-corrected chi connectivity index (χ4v) is 7.42. The molecule has 8 nitrogen and oxygen atoms in total. The summed E-state index contributed by atoms with van der Waals surface area (Å²) >= 11 is 1.90. The summed E-state index contributed by atoms with van der Waals surface area (Å²) in [4.78, 5) is 27.8. The Morgan fingerprint density at radius 1 is 1.12 bits per heavy atom. The molecule has 2 aromatic carbocycles. The maximum Gasteiger partial charge on any atom is 0.326 e. The zero-order valence-electron chi connectivity index (χ0n) is 24.9. The number of nitrogens with one attached hydrogen (secondary N) is 1. The normalized spacial score (nSPS) is 20.8. The molecular weight excluding hydrogens is 572 g/mol. The molecule has 3 atom stereocenters. The zero-order chi connectivity index (χ0) is 30.3. The van der Waals surface area contributed by atoms with Crippen molar-refractivity contribution < 1.29 is 27.9 Å². The summed E-state index contributed by atoms with van der Waals surface area (Å²) in [7, 11) is -3.38. The Bertz CT molecular complexity index is 1340. The molecule has 1 saturated carbocycles. The van der Waals surface area contributed by atoms with Gasteiger partial charge in [-0.2, -0.15) is 11.8 Å². The van der Waals surface area contributed by atoms with Crippen molar-refractivity contribution in [3.63, 3.8) is 0 Å². The Labute approximate surface area is 254 Å². The Balaban J connectivity index is 1.57. The van der Waals surface area contributed by atoms with Crippen LogP contribution in [0.2, 0.25) is 0 Å². The van der Waals surface area contributed by atoms with Gasteiger partial charge in [0.15, 0.2) is 0 Å². The fourth-order valence-electron chi connectivity index (χ4n) is 6.00. The molecule has 0 aromatic heterocycles. The van der Waals surface area contributed by atoms with E-state index in [1.165, 1.54) is 19.3 Å². The average Bonchev–Trinajstić information content (AvgIpc) is 3.35. The molecule has 1 heterocycles. The number of amides is 1. The molecule has 230 valence electrons. The van der Waals surface area contributed by atoms with Gasteiger partial charge in [-0.1, -0.05) is 49.6 Å². The lowest BCUT2D eigenvalue weighted by atomic mass is 9.93. The van der Waals surface area contributed by atoms with Crippen molar-refractivity contribution in [3.8, 4) is 11.1 Å². The molecule has 1 unspecified atom stereocenters. The molecular formula is C32H44N2O6S2. The molecule has 42 heavy (non-hydrogen) atoms. The van der Waals surface area contributed by atoms with Gasteiger partial charge in [0.1, 0.15) is 15.9 Å². The number of aryl methyl sites for hydroxylation is 1. The van der Waals surface area contributed by atoms with Gasteiger partial charge in [0.05, 0.1) is 18.5 Å². The van der Waals surface area contributed by atoms with Crippen LogP contribution in [0, 0.1) is 6.92 Å². The van der Waals surface area contributed by atoms with Crippen molar-refractivity contribution in [2.75, 3.05) is 31.4 Å². The van der Waals surface area contributed by atoms with Crippen molar-refractivity contribution in [1.82, 2.24) is 10.2 Å². The standard InChI is InChI=1S/C32H44N2O6S2/c1-22-9-7-8-12-27(22)29-17-23(13-14-28(29)31(35)33-30(32(36)37)15-16-42(3,38)39)19-34-20-26(41-2)18-24(34)21-40-25-10-5-4-6-11-25/h7-9,12-14,17,24-26,30H,4-6,10-11,15-16,18-21H2,1-3H3,(H,33,35)(H,36,37)/t24?,26-,30+/m1/s1. The van der Waals surface area contributed by atoms with Crippen LogP contribution in [-0.2, 0) is 25.9 Å². The molecule has 10 heteroatoms. The molecule has 1 aliphatic heterocycles. The van der Waals surface area contributed by atoms with Crippen molar-refractivity contribution in [2.24, 2.45) is 0 Å². The number of rotatable bonds is 13. The van der Waals surface area contributed by atoms with Gasteiger partial charge in [-0.25, -0.2) is 13.2 Å². The number of carboxylic acid groups (broad SMARTS) is 1. The van der Waals surface area contributed by atoms with E-state index in [1.807, 2.05) is 55.1 Å². The van der Waals surface area contributed by atoms with Gasteiger partial charge in [-0.15, -0.1) is 0 Å². The van der Waals surface area contributed by atoms with E-state index in [9.17, 15) is 23.1 Å². The van der Waals surface area contributed by atoms with Gasteiger partial charge in [0.25, 0.3) is 5.91 Å². The van der Waals surface area contributed by atoms with Crippen molar-refractivity contribution >= 4 is 33.5 Å². The van der Waals surface area contributed by atoms with E-state index in [1.54, 1.807) is 6.07 Å². The minimum Gasteiger partial charge on any atom is -0.480 e. The Hall–Kier alpha value is -2.40. The van der Waals surface area contributed by atoms with Crippen LogP contribution in [0.4, 0.5) is 0 Å². The first kappa shape index (κ1) is 32.5. The number of aliphatic carboxylic acids is 1. The van der Waals surface area contributed by atoms with Crippen LogP contribution in [0.1, 0.15) is 66.4 Å². The SMILES string of the molecule is CS[C@@H]1CC(COC2CCCCC2)N(Cc2ccc(C(=O)N[C@@H](CCS(C)(=O)=O)C(=O)O)c(-c3ccccc3C)c2)C1. The second kappa shape index (κ2) is 14.9. The Morgan fingerprint density at radius 2 is 1.86 bits per heavy atom. The van der Waals surface area contributed by atoms with Crippen molar-refractivity contribution in [3.05, 3.63) is 59.2 Å². The van der Waals surface area contributed by atoms with E-state index in [0.29, 0.717) is 23.0 Å². The van der Waals surface area contributed by atoms with Crippen LogP contribution in [0.15, 0.2) is 42.5 Å². The number of nitrogens with zero attached hydrogens (tertiary/aromatic N) is 1. The van der Waals surface area contributed by atoms with Gasteiger partial charge in [-0.05, 0) is 73.2 Å². The van der Waals surface area contributed by atoms with Crippen LogP contribution < -0.4 is 5.32 Å². The van der Waals surface area contributed by atoms with E-state index in [0.717, 1.165) is 67.5 Å². The first-order valence-corrected chi connectivity index (χ1v) is 18.2. The maximum absolute atomic E-state index is 13.5. The highest BCUT2D eigenvalue weighted by Gasteiger charge is 2.33. The number of hydrogen-bond donors (Lipinski definition) is 2. The van der Waals surface area contributed by atoms with Gasteiger partial charge in [-0.3, -0.25) is 9.69 Å². The van der Waals surface area contributed by atoms with Gasteiger partial charge < -0.3 is 15.2 Å². The number of carboxylic acids is 1. The Morgan fingerprint density at radius 3 is 2.52 bits per heavy atom. The molecule has 0 radical (unpaired) electrons. The predicted octanol–water partition coefficient (Wildman–Crippen LogP) is 4.93. The van der Waals surface area contributed by atoms with Crippen LogP contribution >= 0.6 is 11.8 Å². The first-order valence-electron chi connectivity index (χ1n) is 14.8. The highest BCUT2D eigenvalue weighted by molar-refractivity contribution is 7.99. The number of likely N-dealkylation sites (tertiary alicyclic amines) is 1. The number of ether oxygens (including phenoxy) is 1. The molecule has 2 fully saturated rings. The molecule has 2 N–H and O–H groups in total. The number of thioether (sulfide) groups is 1. The third-order valence-corrected chi connectivity index (χ3v) is 10.4. The fraction of sp³-hybridized carbons (Fsp3) is 0.562. The monoisotopic (exact) mass is 616 g/mol. The van der Waals surface area contributed by atoms with Gasteiger partial charge >= 0.3 is 5.97 Å². The van der Waals surface area contributed by atoms with Crippen LogP contribution in [0.3, 0.4) is 0 Å². The topological polar surface area (TPSA) is 113 Å². The molecule has 1 saturated heterocycles. The predicted molar refractivity (Wildman–Crippen MR) is 169 cm³/mol. The molecule has 0 bridgehead atoms. The summed E-state index contributed by atoms with van der Waals surface area (Å²) < 4.78 is 29.7. The van der Waals surface area contributed by atoms with Gasteiger partial charge in [0.2, 0.25) is 0 Å². The summed E-state index contributed by atoms with van der Waals surface area (Å²) in [6.07, 6.45) is 10.6. The van der Waals surface area contributed by atoms with E-state index < -0.39 is 27.8 Å². The summed E-state index contributed by atoms with van der Waals surface area (Å²) in [5.41, 5.74) is 4.05. The Kier molecular flexibility index (Phi) is 11.5. The average molecular weight is 617 g/mol. The maximum atomic E-state index is 13.5. The van der Waals surface area contributed by atoms with Crippen LogP contribution in [0.25, 0.3) is 11.1 Å². The summed E-state index contributed by atoms with van der Waals surface area (Å²) in [5, 5.41) is 12.8. The smallest absolute Gasteiger partial charge is 0.326 e.